The summed E-state index contributed by atoms with van der Waals surface area (Å²) in [5, 5.41) is 0. The lowest BCUT2D eigenvalue weighted by atomic mass is 9.99. The van der Waals surface area contributed by atoms with Crippen molar-refractivity contribution in [2.24, 2.45) is 0 Å². The molecule has 1 aromatic heterocycles. The van der Waals surface area contributed by atoms with Gasteiger partial charge in [0.2, 0.25) is 0 Å². The third-order valence-electron chi connectivity index (χ3n) is 8.44. The van der Waals surface area contributed by atoms with Gasteiger partial charge in [0.15, 0.2) is 11.5 Å². The molecule has 3 heterocycles. The number of aromatic nitrogens is 2. The summed E-state index contributed by atoms with van der Waals surface area (Å²) < 4.78 is 13.4. The third kappa shape index (κ3) is 5.55. The number of anilines is 1. The van der Waals surface area contributed by atoms with Gasteiger partial charge in [-0.15, -0.1) is 0 Å². The van der Waals surface area contributed by atoms with Crippen molar-refractivity contribution >= 4 is 11.6 Å². The van der Waals surface area contributed by atoms with E-state index in [-0.39, 0.29) is 11.9 Å². The zero-order valence-electron chi connectivity index (χ0n) is 24.6. The number of fused-ring (bicyclic) bond motifs is 1. The molecule has 2 aromatic carbocycles. The number of likely N-dealkylation sites (N-methyl/N-ethyl adjacent to an activating group) is 1. The highest BCUT2D eigenvalue weighted by atomic mass is 16.5. The number of rotatable bonds is 11. The molecule has 5 rings (SSSR count). The standard InChI is InChI=1S/C32H43N5O3/c1-6-34-17-19-35(20-18-34)28-10-7-9-25-26(28)22-37(32(25)38)27(24-12-13-29(39-4)30(21-24)40-5)11-8-15-36-16-14-33-31(36)23(2)3/h7,9-10,12-14,16,21,23,27H,6,8,11,15,17-20,22H2,1-5H3. The van der Waals surface area contributed by atoms with Crippen molar-refractivity contribution < 1.29 is 14.3 Å². The topological polar surface area (TPSA) is 63.1 Å². The number of ether oxygens (including phenoxy) is 2. The molecule has 214 valence electrons. The summed E-state index contributed by atoms with van der Waals surface area (Å²) in [4.78, 5) is 25.5. The predicted octanol–water partition coefficient (Wildman–Crippen LogP) is 5.34. The highest BCUT2D eigenvalue weighted by Crippen LogP contribution is 2.40. The number of carbonyl (C=O) groups excluding carboxylic acids is 1. The van der Waals surface area contributed by atoms with Gasteiger partial charge in [-0.3, -0.25) is 4.79 Å². The Hall–Kier alpha value is -3.52. The Morgan fingerprint density at radius 1 is 1.00 bits per heavy atom. The fourth-order valence-electron chi connectivity index (χ4n) is 6.22. The normalized spacial score (nSPS) is 16.5. The SMILES string of the molecule is CCN1CCN(c2cccc3c2CN(C(CCCn2ccnc2C(C)C)c2ccc(OC)c(OC)c2)C3=O)CC1. The fourth-order valence-corrected chi connectivity index (χ4v) is 6.22. The van der Waals surface area contributed by atoms with Crippen LogP contribution in [0.25, 0.3) is 0 Å². The van der Waals surface area contributed by atoms with Gasteiger partial charge in [-0.05, 0) is 49.2 Å². The van der Waals surface area contributed by atoms with Crippen molar-refractivity contribution in [1.29, 1.82) is 0 Å². The van der Waals surface area contributed by atoms with Gasteiger partial charge in [0.1, 0.15) is 5.82 Å². The molecule has 1 amide bonds. The van der Waals surface area contributed by atoms with E-state index in [2.05, 4.69) is 63.4 Å². The second kappa shape index (κ2) is 12.3. The summed E-state index contributed by atoms with van der Waals surface area (Å²) in [6, 6.07) is 12.2. The zero-order chi connectivity index (χ0) is 28.2. The Bertz CT molecular complexity index is 1310. The van der Waals surface area contributed by atoms with Crippen LogP contribution in [0.1, 0.15) is 72.9 Å². The van der Waals surface area contributed by atoms with E-state index < -0.39 is 0 Å². The van der Waals surface area contributed by atoms with Crippen LogP contribution in [0, 0.1) is 0 Å². The number of amides is 1. The predicted molar refractivity (Wildman–Crippen MR) is 158 cm³/mol. The first-order valence-electron chi connectivity index (χ1n) is 14.6. The lowest BCUT2D eigenvalue weighted by Gasteiger charge is -2.36. The van der Waals surface area contributed by atoms with Crippen LogP contribution in [-0.4, -0.2) is 72.2 Å². The number of nitrogens with zero attached hydrogens (tertiary/aromatic N) is 5. The number of hydrogen-bond donors (Lipinski definition) is 0. The molecule has 1 saturated heterocycles. The molecule has 0 bridgehead atoms. The van der Waals surface area contributed by atoms with E-state index >= 15 is 0 Å². The van der Waals surface area contributed by atoms with Crippen molar-refractivity contribution in [2.75, 3.05) is 51.8 Å². The molecular formula is C32H43N5O3. The summed E-state index contributed by atoms with van der Waals surface area (Å²) in [6.07, 6.45) is 5.68. The van der Waals surface area contributed by atoms with Gasteiger partial charge in [0.05, 0.1) is 20.3 Å². The van der Waals surface area contributed by atoms with E-state index in [1.807, 2.05) is 30.5 Å². The van der Waals surface area contributed by atoms with E-state index in [1.54, 1.807) is 14.2 Å². The maximum absolute atomic E-state index is 14.0. The highest BCUT2D eigenvalue weighted by Gasteiger charge is 2.36. The molecule has 0 aliphatic carbocycles. The molecule has 0 N–H and O–H groups in total. The Morgan fingerprint density at radius 2 is 1.77 bits per heavy atom. The van der Waals surface area contributed by atoms with Crippen LogP contribution in [0.5, 0.6) is 11.5 Å². The third-order valence-corrected chi connectivity index (χ3v) is 8.44. The van der Waals surface area contributed by atoms with Gasteiger partial charge in [0, 0.05) is 74.4 Å². The Morgan fingerprint density at radius 3 is 2.48 bits per heavy atom. The average molecular weight is 546 g/mol. The van der Waals surface area contributed by atoms with E-state index in [0.29, 0.717) is 24.0 Å². The van der Waals surface area contributed by atoms with Crippen LogP contribution >= 0.6 is 0 Å². The van der Waals surface area contributed by atoms with Crippen molar-refractivity contribution in [3.63, 3.8) is 0 Å². The van der Waals surface area contributed by atoms with E-state index in [9.17, 15) is 4.79 Å². The van der Waals surface area contributed by atoms with E-state index in [1.165, 1.54) is 5.69 Å². The van der Waals surface area contributed by atoms with E-state index in [4.69, 9.17) is 9.47 Å². The molecule has 8 nitrogen and oxygen atoms in total. The molecule has 2 aliphatic heterocycles. The first-order valence-corrected chi connectivity index (χ1v) is 14.6. The first kappa shape index (κ1) is 28.0. The number of methoxy groups -OCH3 is 2. The van der Waals surface area contributed by atoms with Gasteiger partial charge >= 0.3 is 0 Å². The molecular weight excluding hydrogens is 502 g/mol. The minimum Gasteiger partial charge on any atom is -0.493 e. The fraction of sp³-hybridized carbons (Fsp3) is 0.500. The Labute approximate surface area is 238 Å². The van der Waals surface area contributed by atoms with Crippen LogP contribution in [0.3, 0.4) is 0 Å². The van der Waals surface area contributed by atoms with Crippen LogP contribution in [-0.2, 0) is 13.1 Å². The summed E-state index contributed by atoms with van der Waals surface area (Å²) >= 11 is 0. The van der Waals surface area contributed by atoms with Gasteiger partial charge in [-0.2, -0.15) is 0 Å². The number of aryl methyl sites for hydroxylation is 1. The molecule has 1 atom stereocenters. The van der Waals surface area contributed by atoms with Crippen LogP contribution < -0.4 is 14.4 Å². The maximum Gasteiger partial charge on any atom is 0.255 e. The van der Waals surface area contributed by atoms with Crippen molar-refractivity contribution in [3.05, 3.63) is 71.3 Å². The first-order chi connectivity index (χ1) is 19.4. The smallest absolute Gasteiger partial charge is 0.255 e. The molecule has 40 heavy (non-hydrogen) atoms. The molecule has 0 radical (unpaired) electrons. The van der Waals surface area contributed by atoms with Crippen molar-refractivity contribution in [2.45, 2.75) is 58.7 Å². The second-order valence-electron chi connectivity index (χ2n) is 11.1. The van der Waals surface area contributed by atoms with Crippen LogP contribution in [0.2, 0.25) is 0 Å². The number of piperazine rings is 1. The van der Waals surface area contributed by atoms with Crippen LogP contribution in [0.15, 0.2) is 48.8 Å². The summed E-state index contributed by atoms with van der Waals surface area (Å²) in [5.74, 6) is 2.94. The lowest BCUT2D eigenvalue weighted by Crippen LogP contribution is -2.46. The zero-order valence-corrected chi connectivity index (χ0v) is 24.6. The highest BCUT2D eigenvalue weighted by molar-refractivity contribution is 6.00. The van der Waals surface area contributed by atoms with Crippen molar-refractivity contribution in [1.82, 2.24) is 19.4 Å². The summed E-state index contributed by atoms with van der Waals surface area (Å²) in [6.45, 7) is 13.2. The van der Waals surface area contributed by atoms with Gasteiger partial charge in [0.25, 0.3) is 5.91 Å². The minimum atomic E-state index is -0.0875. The average Bonchev–Trinajstić information content (AvgIpc) is 3.59. The van der Waals surface area contributed by atoms with Gasteiger partial charge in [-0.25, -0.2) is 4.98 Å². The molecule has 0 spiro atoms. The summed E-state index contributed by atoms with van der Waals surface area (Å²) in [5.41, 5.74) is 4.25. The summed E-state index contributed by atoms with van der Waals surface area (Å²) in [7, 11) is 3.31. The Kier molecular flexibility index (Phi) is 8.64. The van der Waals surface area contributed by atoms with Gasteiger partial charge in [-0.1, -0.05) is 32.9 Å². The number of carbonyl (C=O) groups is 1. The van der Waals surface area contributed by atoms with E-state index in [0.717, 1.165) is 74.6 Å². The maximum atomic E-state index is 14.0. The molecule has 2 aliphatic rings. The minimum absolute atomic E-state index is 0.0875. The largest absolute Gasteiger partial charge is 0.493 e. The number of imidazole rings is 1. The molecule has 3 aromatic rings. The second-order valence-corrected chi connectivity index (χ2v) is 11.1. The van der Waals surface area contributed by atoms with Crippen LogP contribution in [0.4, 0.5) is 5.69 Å². The molecule has 0 saturated carbocycles. The molecule has 8 heteroatoms. The Balaban J connectivity index is 1.42. The number of benzene rings is 2. The lowest BCUT2D eigenvalue weighted by molar-refractivity contribution is 0.0687. The molecule has 1 fully saturated rings. The quantitative estimate of drug-likeness (QED) is 0.324. The van der Waals surface area contributed by atoms with Gasteiger partial charge < -0.3 is 28.7 Å². The monoisotopic (exact) mass is 545 g/mol. The van der Waals surface area contributed by atoms with Crippen molar-refractivity contribution in [3.8, 4) is 11.5 Å². The number of hydrogen-bond acceptors (Lipinski definition) is 6. The molecule has 1 unspecified atom stereocenters.